The van der Waals surface area contributed by atoms with Crippen molar-refractivity contribution in [2.75, 3.05) is 25.7 Å². The summed E-state index contributed by atoms with van der Waals surface area (Å²) >= 11 is 9.63. The number of hydrogen-bond acceptors (Lipinski definition) is 7. The van der Waals surface area contributed by atoms with Crippen molar-refractivity contribution in [3.63, 3.8) is 0 Å². The highest BCUT2D eigenvalue weighted by Crippen LogP contribution is 2.51. The molecule has 2 amide bonds. The van der Waals surface area contributed by atoms with Crippen molar-refractivity contribution in [2.24, 2.45) is 11.8 Å². The van der Waals surface area contributed by atoms with E-state index in [1.54, 1.807) is 31.2 Å². The zero-order valence-corrected chi connectivity index (χ0v) is 20.8. The molecular formula is C23H22BrClN2O7. The predicted octanol–water partition coefficient (Wildman–Crippen LogP) is 2.69. The van der Waals surface area contributed by atoms with Gasteiger partial charge in [0.15, 0.2) is 17.0 Å². The minimum absolute atomic E-state index is 0.240. The lowest BCUT2D eigenvalue weighted by molar-refractivity contribution is -0.150. The summed E-state index contributed by atoms with van der Waals surface area (Å²) in [4.78, 5) is 40.5. The molecule has 2 aliphatic heterocycles. The van der Waals surface area contributed by atoms with Crippen LogP contribution in [-0.4, -0.2) is 54.4 Å². The number of nitrogens with one attached hydrogen (secondary N) is 1. The highest BCUT2D eigenvalue weighted by Gasteiger charge is 2.68. The number of methoxy groups -OCH3 is 2. The van der Waals surface area contributed by atoms with E-state index >= 15 is 0 Å². The number of rotatable bonds is 6. The van der Waals surface area contributed by atoms with Gasteiger partial charge in [-0.2, -0.15) is 0 Å². The van der Waals surface area contributed by atoms with Gasteiger partial charge in [0, 0.05) is 11.1 Å². The number of nitrogens with zero attached hydrogens (tertiary/aromatic N) is 1. The summed E-state index contributed by atoms with van der Waals surface area (Å²) in [6.07, 6.45) is 0. The van der Waals surface area contributed by atoms with Gasteiger partial charge in [0.1, 0.15) is 0 Å². The Hall–Kier alpha value is -2.66. The molecule has 9 nitrogen and oxygen atoms in total. The number of ether oxygens (including phenoxy) is 2. The number of imide groups is 1. The van der Waals surface area contributed by atoms with Crippen LogP contribution in [0.4, 0.5) is 5.69 Å². The molecule has 0 radical (unpaired) electrons. The van der Waals surface area contributed by atoms with E-state index in [1.165, 1.54) is 20.3 Å². The normalized spacial score (nSPS) is 26.1. The van der Waals surface area contributed by atoms with Gasteiger partial charge >= 0.3 is 5.97 Å². The van der Waals surface area contributed by atoms with E-state index in [9.17, 15) is 24.6 Å². The molecule has 2 aliphatic rings. The summed E-state index contributed by atoms with van der Waals surface area (Å²) in [5.74, 6) is -4.42. The van der Waals surface area contributed by atoms with Crippen molar-refractivity contribution < 1.29 is 34.1 Å². The van der Waals surface area contributed by atoms with Crippen LogP contribution in [0, 0.1) is 18.8 Å². The number of anilines is 1. The molecule has 2 aromatic rings. The number of halogens is 2. The Bertz CT molecular complexity index is 1210. The maximum absolute atomic E-state index is 13.6. The molecule has 2 fully saturated rings. The monoisotopic (exact) mass is 552 g/mol. The molecule has 3 N–H and O–H groups in total. The third-order valence-corrected chi connectivity index (χ3v) is 7.51. The van der Waals surface area contributed by atoms with Crippen LogP contribution in [-0.2, 0) is 14.4 Å². The maximum atomic E-state index is 13.6. The van der Waals surface area contributed by atoms with Crippen LogP contribution in [0.3, 0.4) is 0 Å². The molecule has 4 unspecified atom stereocenters. The van der Waals surface area contributed by atoms with Crippen LogP contribution >= 0.6 is 27.5 Å². The van der Waals surface area contributed by atoms with Crippen LogP contribution < -0.4 is 19.7 Å². The largest absolute Gasteiger partial charge is 0.493 e. The summed E-state index contributed by atoms with van der Waals surface area (Å²) in [7, 11) is 2.92. The number of carbonyl (C=O) groups excluding carboxylic acids is 2. The molecule has 180 valence electrons. The molecule has 2 heterocycles. The summed E-state index contributed by atoms with van der Waals surface area (Å²) in [6.45, 7) is 0.889. The van der Waals surface area contributed by atoms with Gasteiger partial charge in [-0.1, -0.05) is 17.7 Å². The highest BCUT2D eigenvalue weighted by molar-refractivity contribution is 9.10. The summed E-state index contributed by atoms with van der Waals surface area (Å²) in [5.41, 5.74) is -0.578. The van der Waals surface area contributed by atoms with Gasteiger partial charge in [-0.05, 0) is 58.2 Å². The molecule has 34 heavy (non-hydrogen) atoms. The second-order valence-corrected chi connectivity index (χ2v) is 9.51. The van der Waals surface area contributed by atoms with Crippen molar-refractivity contribution in [3.05, 3.63) is 51.0 Å². The van der Waals surface area contributed by atoms with E-state index in [-0.39, 0.29) is 5.69 Å². The van der Waals surface area contributed by atoms with Crippen LogP contribution in [0.1, 0.15) is 17.2 Å². The molecule has 0 spiro atoms. The average Bonchev–Trinajstić information content (AvgIpc) is 3.29. The Morgan fingerprint density at radius 1 is 1.21 bits per heavy atom. The van der Waals surface area contributed by atoms with Crippen LogP contribution in [0.15, 0.2) is 34.8 Å². The van der Waals surface area contributed by atoms with Gasteiger partial charge in [-0.3, -0.25) is 19.7 Å². The van der Waals surface area contributed by atoms with Gasteiger partial charge in [0.05, 0.1) is 42.8 Å². The molecule has 0 aromatic heterocycles. The minimum Gasteiger partial charge on any atom is -0.493 e. The first-order valence-electron chi connectivity index (χ1n) is 10.3. The summed E-state index contributed by atoms with van der Waals surface area (Å²) in [5, 5.41) is 23.5. The topological polar surface area (TPSA) is 125 Å². The Morgan fingerprint density at radius 2 is 1.91 bits per heavy atom. The van der Waals surface area contributed by atoms with Gasteiger partial charge in [0.25, 0.3) is 0 Å². The van der Waals surface area contributed by atoms with Crippen molar-refractivity contribution >= 4 is 51.0 Å². The second kappa shape index (κ2) is 8.84. The van der Waals surface area contributed by atoms with Crippen molar-refractivity contribution in [1.82, 2.24) is 5.32 Å². The third kappa shape index (κ3) is 3.48. The number of aliphatic hydroxyl groups is 1. The number of amides is 2. The number of carbonyl (C=O) groups is 3. The molecule has 0 bridgehead atoms. The van der Waals surface area contributed by atoms with Gasteiger partial charge in [-0.25, -0.2) is 4.90 Å². The predicted molar refractivity (Wildman–Crippen MR) is 126 cm³/mol. The number of benzene rings is 2. The first-order valence-corrected chi connectivity index (χ1v) is 11.5. The molecular weight excluding hydrogens is 532 g/mol. The van der Waals surface area contributed by atoms with Gasteiger partial charge < -0.3 is 19.7 Å². The fraction of sp³-hybridized carbons (Fsp3) is 0.348. The van der Waals surface area contributed by atoms with Crippen molar-refractivity contribution in [3.8, 4) is 11.5 Å². The number of aliphatic carboxylic acids is 1. The smallest absolute Gasteiger partial charge is 0.327 e. The summed E-state index contributed by atoms with van der Waals surface area (Å²) < 4.78 is 11.2. The zero-order valence-electron chi connectivity index (χ0n) is 18.5. The minimum atomic E-state index is -2.06. The molecule has 2 saturated heterocycles. The lowest BCUT2D eigenvalue weighted by atomic mass is 9.79. The van der Waals surface area contributed by atoms with E-state index in [2.05, 4.69) is 21.2 Å². The van der Waals surface area contributed by atoms with Crippen molar-refractivity contribution in [1.29, 1.82) is 0 Å². The first-order chi connectivity index (χ1) is 16.1. The van der Waals surface area contributed by atoms with Crippen molar-refractivity contribution in [2.45, 2.75) is 18.5 Å². The lowest BCUT2D eigenvalue weighted by Gasteiger charge is -2.29. The summed E-state index contributed by atoms with van der Waals surface area (Å²) in [6, 6.07) is 7.10. The number of carboxylic acids is 1. The van der Waals surface area contributed by atoms with Gasteiger partial charge in [0.2, 0.25) is 11.8 Å². The van der Waals surface area contributed by atoms with E-state index in [0.717, 1.165) is 10.5 Å². The number of aryl methyl sites for hydroxylation is 1. The SMILES string of the molecule is COc1cc(C2NC(CO)(C(=O)O)C3C(=O)N(c4ccc(C)c(Cl)c4)C(=O)C23)cc(Br)c1OC. The van der Waals surface area contributed by atoms with E-state index in [4.69, 9.17) is 21.1 Å². The van der Waals surface area contributed by atoms with E-state index in [0.29, 0.717) is 26.6 Å². The maximum Gasteiger partial charge on any atom is 0.327 e. The molecule has 4 atom stereocenters. The molecule has 0 aliphatic carbocycles. The fourth-order valence-corrected chi connectivity index (χ4v) is 5.59. The standard InChI is InChI=1S/C23H22BrClN2O7/c1-10-4-5-12(8-14(10)25)27-20(29)16-17(21(27)30)23(9-28,22(31)32)26-18(16)11-6-13(24)19(34-3)15(7-11)33-2/h4-8,16-18,26,28H,9H2,1-3H3,(H,31,32). The number of fused-ring (bicyclic) bond motifs is 1. The van der Waals surface area contributed by atoms with Crippen LogP contribution in [0.25, 0.3) is 0 Å². The molecule has 11 heteroatoms. The van der Waals surface area contributed by atoms with Crippen LogP contribution in [0.5, 0.6) is 11.5 Å². The van der Waals surface area contributed by atoms with E-state index < -0.39 is 47.8 Å². The Morgan fingerprint density at radius 3 is 2.47 bits per heavy atom. The zero-order chi connectivity index (χ0) is 24.9. The Balaban J connectivity index is 1.88. The number of hydrogen-bond donors (Lipinski definition) is 3. The highest BCUT2D eigenvalue weighted by atomic mass is 79.9. The fourth-order valence-electron chi connectivity index (χ4n) is 4.79. The molecule has 2 aromatic carbocycles. The quantitative estimate of drug-likeness (QED) is 0.467. The average molecular weight is 554 g/mol. The third-order valence-electron chi connectivity index (χ3n) is 6.51. The number of aliphatic hydroxyl groups excluding tert-OH is 1. The Labute approximate surface area is 208 Å². The number of carboxylic acid groups (broad SMARTS) is 1. The van der Waals surface area contributed by atoms with E-state index in [1.807, 2.05) is 0 Å². The first kappa shape index (κ1) is 24.5. The molecule has 0 saturated carbocycles. The van der Waals surface area contributed by atoms with Crippen LogP contribution in [0.2, 0.25) is 5.02 Å². The second-order valence-electron chi connectivity index (χ2n) is 8.24. The Kier molecular flexibility index (Phi) is 6.36. The lowest BCUT2D eigenvalue weighted by Crippen LogP contribution is -2.58. The van der Waals surface area contributed by atoms with Gasteiger partial charge in [-0.15, -0.1) is 0 Å². The molecule has 4 rings (SSSR count).